The van der Waals surface area contributed by atoms with Gasteiger partial charge in [0.25, 0.3) is 0 Å². The van der Waals surface area contributed by atoms with Gasteiger partial charge in [-0.15, -0.1) is 0 Å². The molecule has 0 aliphatic rings. The zero-order valence-corrected chi connectivity index (χ0v) is 12.8. The lowest BCUT2D eigenvalue weighted by molar-refractivity contribution is -0.117. The van der Waals surface area contributed by atoms with Crippen molar-refractivity contribution >= 4 is 23.2 Å². The van der Waals surface area contributed by atoms with Gasteiger partial charge in [-0.3, -0.25) is 9.59 Å². The molecule has 2 rings (SSSR count). The molecular weight excluding hydrogens is 276 g/mol. The van der Waals surface area contributed by atoms with Gasteiger partial charge < -0.3 is 10.6 Å². The Bertz CT molecular complexity index is 653. The molecule has 2 aromatic rings. The van der Waals surface area contributed by atoms with Gasteiger partial charge in [0.2, 0.25) is 11.8 Å². The van der Waals surface area contributed by atoms with E-state index in [9.17, 15) is 9.59 Å². The first-order valence-electron chi connectivity index (χ1n) is 7.33. The third-order valence-corrected chi connectivity index (χ3v) is 3.38. The van der Waals surface area contributed by atoms with Crippen LogP contribution < -0.4 is 10.6 Å². The summed E-state index contributed by atoms with van der Waals surface area (Å²) in [5.74, 6) is -0.376. The largest absolute Gasteiger partial charge is 0.326 e. The number of anilines is 2. The van der Waals surface area contributed by atoms with E-state index in [4.69, 9.17) is 0 Å². The minimum Gasteiger partial charge on any atom is -0.326 e. The van der Waals surface area contributed by atoms with Crippen molar-refractivity contribution < 1.29 is 9.59 Å². The molecule has 0 heterocycles. The van der Waals surface area contributed by atoms with Gasteiger partial charge in [-0.2, -0.15) is 0 Å². The molecule has 1 atom stereocenters. The number of carbonyl (C=O) groups is 2. The number of nitrogens with one attached hydrogen (secondary N) is 2. The van der Waals surface area contributed by atoms with Gasteiger partial charge in [0.15, 0.2) is 0 Å². The summed E-state index contributed by atoms with van der Waals surface area (Å²) in [5.41, 5.74) is 2.34. The van der Waals surface area contributed by atoms with Crippen molar-refractivity contribution in [1.82, 2.24) is 0 Å². The molecule has 0 spiro atoms. The van der Waals surface area contributed by atoms with E-state index in [1.807, 2.05) is 37.3 Å². The smallest absolute Gasteiger partial charge is 0.231 e. The van der Waals surface area contributed by atoms with E-state index in [-0.39, 0.29) is 17.7 Å². The molecule has 0 radical (unpaired) electrons. The summed E-state index contributed by atoms with van der Waals surface area (Å²) in [4.78, 5) is 23.6. The summed E-state index contributed by atoms with van der Waals surface area (Å²) >= 11 is 0. The fourth-order valence-corrected chi connectivity index (χ4v) is 2.37. The zero-order chi connectivity index (χ0) is 15.9. The molecule has 0 unspecified atom stereocenters. The standard InChI is InChI=1S/C18H20N2O2/c1-3-17(14-8-5-4-6-9-14)18(22)20-16-11-7-10-15(12-16)19-13(2)21/h4-12,17H,3H2,1-2H3,(H,19,21)(H,20,22)/t17-/m0/s1. The van der Waals surface area contributed by atoms with E-state index in [1.165, 1.54) is 6.92 Å². The van der Waals surface area contributed by atoms with Gasteiger partial charge >= 0.3 is 0 Å². The molecule has 0 aliphatic heterocycles. The van der Waals surface area contributed by atoms with Crippen molar-refractivity contribution in [2.75, 3.05) is 10.6 Å². The number of hydrogen-bond donors (Lipinski definition) is 2. The van der Waals surface area contributed by atoms with E-state index in [1.54, 1.807) is 24.3 Å². The number of amides is 2. The Balaban J connectivity index is 2.12. The summed E-state index contributed by atoms with van der Waals surface area (Å²) < 4.78 is 0. The summed E-state index contributed by atoms with van der Waals surface area (Å²) in [5, 5.41) is 5.62. The highest BCUT2D eigenvalue weighted by molar-refractivity contribution is 5.97. The molecule has 0 saturated heterocycles. The maximum absolute atomic E-state index is 12.5. The van der Waals surface area contributed by atoms with Gasteiger partial charge in [0.05, 0.1) is 5.92 Å². The molecule has 0 saturated carbocycles. The van der Waals surface area contributed by atoms with Crippen molar-refractivity contribution in [2.45, 2.75) is 26.2 Å². The summed E-state index contributed by atoms with van der Waals surface area (Å²) in [6.07, 6.45) is 0.723. The van der Waals surface area contributed by atoms with Crippen LogP contribution >= 0.6 is 0 Å². The zero-order valence-electron chi connectivity index (χ0n) is 12.8. The first-order valence-corrected chi connectivity index (χ1v) is 7.33. The van der Waals surface area contributed by atoms with Crippen LogP contribution in [-0.2, 0) is 9.59 Å². The third kappa shape index (κ3) is 4.19. The van der Waals surface area contributed by atoms with Crippen LogP contribution in [0.3, 0.4) is 0 Å². The first kappa shape index (κ1) is 15.8. The van der Waals surface area contributed by atoms with E-state index in [0.29, 0.717) is 11.4 Å². The second-order valence-corrected chi connectivity index (χ2v) is 5.12. The molecule has 2 N–H and O–H groups in total. The topological polar surface area (TPSA) is 58.2 Å². The molecule has 0 aromatic heterocycles. The monoisotopic (exact) mass is 296 g/mol. The van der Waals surface area contributed by atoms with Gasteiger partial charge in [-0.1, -0.05) is 43.3 Å². The Hall–Kier alpha value is -2.62. The molecule has 0 fully saturated rings. The lowest BCUT2D eigenvalue weighted by Gasteiger charge is -2.16. The highest BCUT2D eigenvalue weighted by Crippen LogP contribution is 2.22. The molecule has 4 heteroatoms. The SMILES string of the molecule is CC[C@H](C(=O)Nc1cccc(NC(C)=O)c1)c1ccccc1. The molecule has 0 aliphatic carbocycles. The van der Waals surface area contributed by atoms with Crippen molar-refractivity contribution in [3.63, 3.8) is 0 Å². The summed E-state index contributed by atoms with van der Waals surface area (Å²) in [7, 11) is 0. The van der Waals surface area contributed by atoms with Crippen LogP contribution in [0.2, 0.25) is 0 Å². The van der Waals surface area contributed by atoms with E-state index in [0.717, 1.165) is 12.0 Å². The van der Waals surface area contributed by atoms with E-state index < -0.39 is 0 Å². The first-order chi connectivity index (χ1) is 10.6. The normalized spacial score (nSPS) is 11.5. The van der Waals surface area contributed by atoms with E-state index >= 15 is 0 Å². The Morgan fingerprint density at radius 1 is 0.955 bits per heavy atom. The maximum Gasteiger partial charge on any atom is 0.231 e. The molecule has 22 heavy (non-hydrogen) atoms. The second-order valence-electron chi connectivity index (χ2n) is 5.12. The molecule has 114 valence electrons. The fourth-order valence-electron chi connectivity index (χ4n) is 2.37. The van der Waals surface area contributed by atoms with Gasteiger partial charge in [-0.05, 0) is 30.2 Å². The van der Waals surface area contributed by atoms with Crippen LogP contribution in [0.15, 0.2) is 54.6 Å². The number of hydrogen-bond acceptors (Lipinski definition) is 2. The second kappa shape index (κ2) is 7.41. The molecule has 2 amide bonds. The van der Waals surface area contributed by atoms with Crippen molar-refractivity contribution in [3.05, 3.63) is 60.2 Å². The Morgan fingerprint density at radius 3 is 2.18 bits per heavy atom. The highest BCUT2D eigenvalue weighted by atomic mass is 16.2. The number of rotatable bonds is 5. The minimum absolute atomic E-state index is 0.0475. The van der Waals surface area contributed by atoms with E-state index in [2.05, 4.69) is 10.6 Å². The van der Waals surface area contributed by atoms with Crippen molar-refractivity contribution in [3.8, 4) is 0 Å². The summed E-state index contributed by atoms with van der Waals surface area (Å²) in [6, 6.07) is 16.9. The molecule has 0 bridgehead atoms. The summed E-state index contributed by atoms with van der Waals surface area (Å²) in [6.45, 7) is 3.44. The lowest BCUT2D eigenvalue weighted by Crippen LogP contribution is -2.20. The lowest BCUT2D eigenvalue weighted by atomic mass is 9.95. The predicted molar refractivity (Wildman–Crippen MR) is 88.8 cm³/mol. The Labute approximate surface area is 130 Å². The van der Waals surface area contributed by atoms with Crippen LogP contribution in [0.25, 0.3) is 0 Å². The minimum atomic E-state index is -0.189. The van der Waals surface area contributed by atoms with Gasteiger partial charge in [0, 0.05) is 18.3 Å². The van der Waals surface area contributed by atoms with Crippen LogP contribution in [0.1, 0.15) is 31.7 Å². The Kier molecular flexibility index (Phi) is 5.31. The molecule has 2 aromatic carbocycles. The van der Waals surface area contributed by atoms with Crippen LogP contribution in [0, 0.1) is 0 Å². The van der Waals surface area contributed by atoms with Crippen molar-refractivity contribution in [2.24, 2.45) is 0 Å². The van der Waals surface area contributed by atoms with Crippen LogP contribution in [0.4, 0.5) is 11.4 Å². The number of carbonyl (C=O) groups excluding carboxylic acids is 2. The van der Waals surface area contributed by atoms with Gasteiger partial charge in [0.1, 0.15) is 0 Å². The van der Waals surface area contributed by atoms with Crippen LogP contribution in [-0.4, -0.2) is 11.8 Å². The highest BCUT2D eigenvalue weighted by Gasteiger charge is 2.18. The van der Waals surface area contributed by atoms with Gasteiger partial charge in [-0.25, -0.2) is 0 Å². The number of benzene rings is 2. The average Bonchev–Trinajstić information content (AvgIpc) is 2.48. The fraction of sp³-hybridized carbons (Fsp3) is 0.222. The molecule has 4 nitrogen and oxygen atoms in total. The maximum atomic E-state index is 12.5. The quantitative estimate of drug-likeness (QED) is 0.882. The average molecular weight is 296 g/mol. The Morgan fingerprint density at radius 2 is 1.59 bits per heavy atom. The molecular formula is C18H20N2O2. The van der Waals surface area contributed by atoms with Crippen molar-refractivity contribution in [1.29, 1.82) is 0 Å². The predicted octanol–water partition coefficient (Wildman–Crippen LogP) is 3.78. The van der Waals surface area contributed by atoms with Crippen LogP contribution in [0.5, 0.6) is 0 Å². The third-order valence-electron chi connectivity index (χ3n) is 3.38.